The van der Waals surface area contributed by atoms with Crippen LogP contribution in [0, 0.1) is 0 Å². The number of aliphatic carboxylic acids is 1. The number of halogens is 3. The monoisotopic (exact) mass is 433 g/mol. The van der Waals surface area contributed by atoms with E-state index in [0.717, 1.165) is 25.7 Å². The van der Waals surface area contributed by atoms with Crippen LogP contribution in [0.15, 0.2) is 40.8 Å². The maximum atomic E-state index is 13.6. The second kappa shape index (κ2) is 8.61. The highest BCUT2D eigenvalue weighted by molar-refractivity contribution is 5.74. The molecule has 1 fully saturated rings. The first-order valence-electron chi connectivity index (χ1n) is 10.2. The number of aromatic nitrogens is 1. The van der Waals surface area contributed by atoms with Gasteiger partial charge in [0, 0.05) is 12.5 Å². The van der Waals surface area contributed by atoms with Crippen LogP contribution in [0.1, 0.15) is 60.6 Å². The molecule has 0 atom stereocenters. The molecule has 0 amide bonds. The van der Waals surface area contributed by atoms with Crippen molar-refractivity contribution >= 4 is 17.1 Å². The van der Waals surface area contributed by atoms with Crippen LogP contribution in [0.3, 0.4) is 0 Å². The summed E-state index contributed by atoms with van der Waals surface area (Å²) >= 11 is 0. The van der Waals surface area contributed by atoms with E-state index in [9.17, 15) is 18.0 Å². The van der Waals surface area contributed by atoms with Crippen LogP contribution in [0.5, 0.6) is 5.75 Å². The molecule has 1 aliphatic rings. The second-order valence-corrected chi connectivity index (χ2v) is 7.82. The third kappa shape index (κ3) is 5.00. The summed E-state index contributed by atoms with van der Waals surface area (Å²) in [5.41, 5.74) is 1.24. The quantitative estimate of drug-likeness (QED) is 0.487. The van der Waals surface area contributed by atoms with Gasteiger partial charge < -0.3 is 14.3 Å². The summed E-state index contributed by atoms with van der Waals surface area (Å²) < 4.78 is 52.1. The molecule has 0 bridgehead atoms. The van der Waals surface area contributed by atoms with Gasteiger partial charge in [-0.2, -0.15) is 13.2 Å². The molecule has 31 heavy (non-hydrogen) atoms. The molecule has 0 unspecified atom stereocenters. The van der Waals surface area contributed by atoms with E-state index in [0.29, 0.717) is 33.9 Å². The summed E-state index contributed by atoms with van der Waals surface area (Å²) in [6, 6.07) is 9.40. The van der Waals surface area contributed by atoms with Crippen molar-refractivity contribution in [1.82, 2.24) is 4.98 Å². The Bertz CT molecular complexity index is 1080. The van der Waals surface area contributed by atoms with Crippen LogP contribution in [0.4, 0.5) is 13.2 Å². The largest absolute Gasteiger partial charge is 0.489 e. The minimum atomic E-state index is -4.40. The Morgan fingerprint density at radius 3 is 2.65 bits per heavy atom. The molecule has 0 aliphatic heterocycles. The number of carboxylic acid groups (broad SMARTS) is 1. The van der Waals surface area contributed by atoms with E-state index in [1.54, 1.807) is 30.3 Å². The minimum absolute atomic E-state index is 0.0143. The number of hydrogen-bond acceptors (Lipinski definition) is 4. The summed E-state index contributed by atoms with van der Waals surface area (Å²) in [6.45, 7) is -0.0143. The molecule has 164 valence electrons. The Labute approximate surface area is 176 Å². The van der Waals surface area contributed by atoms with Crippen molar-refractivity contribution in [1.29, 1.82) is 0 Å². The van der Waals surface area contributed by atoms with Crippen molar-refractivity contribution < 1.29 is 32.2 Å². The average Bonchev–Trinajstić information content (AvgIpc) is 3.39. The fourth-order valence-electron chi connectivity index (χ4n) is 4.06. The van der Waals surface area contributed by atoms with Gasteiger partial charge in [-0.25, -0.2) is 4.98 Å². The highest BCUT2D eigenvalue weighted by Crippen LogP contribution is 2.42. The topological polar surface area (TPSA) is 72.6 Å². The van der Waals surface area contributed by atoms with Crippen LogP contribution in [0.25, 0.3) is 11.1 Å². The van der Waals surface area contributed by atoms with Crippen LogP contribution < -0.4 is 4.74 Å². The van der Waals surface area contributed by atoms with Gasteiger partial charge >= 0.3 is 12.1 Å². The fraction of sp³-hybridized carbons (Fsp3) is 0.391. The lowest BCUT2D eigenvalue weighted by molar-refractivity contribution is -0.138. The number of fused-ring (bicyclic) bond motifs is 1. The van der Waals surface area contributed by atoms with E-state index in [-0.39, 0.29) is 25.4 Å². The van der Waals surface area contributed by atoms with Crippen molar-refractivity contribution in [2.45, 2.75) is 57.2 Å². The Morgan fingerprint density at radius 2 is 1.94 bits per heavy atom. The number of ether oxygens (including phenoxy) is 1. The van der Waals surface area contributed by atoms with Gasteiger partial charge in [-0.3, -0.25) is 4.79 Å². The van der Waals surface area contributed by atoms with Crippen molar-refractivity contribution in [3.63, 3.8) is 0 Å². The predicted octanol–water partition coefficient (Wildman–Crippen LogP) is 6.10. The van der Waals surface area contributed by atoms with Crippen molar-refractivity contribution in [3.05, 3.63) is 59.0 Å². The number of rotatable bonds is 7. The maximum Gasteiger partial charge on any atom is 0.416 e. The molecule has 1 aliphatic carbocycles. The summed E-state index contributed by atoms with van der Waals surface area (Å²) in [4.78, 5) is 14.9. The van der Waals surface area contributed by atoms with E-state index < -0.39 is 17.7 Å². The Morgan fingerprint density at radius 1 is 1.16 bits per heavy atom. The molecule has 3 aromatic rings. The fourth-order valence-corrected chi connectivity index (χ4v) is 4.06. The third-order valence-electron chi connectivity index (χ3n) is 5.58. The highest BCUT2D eigenvalue weighted by atomic mass is 19.4. The summed E-state index contributed by atoms with van der Waals surface area (Å²) in [5.74, 6) is -0.229. The minimum Gasteiger partial charge on any atom is -0.489 e. The van der Waals surface area contributed by atoms with Gasteiger partial charge in [0.2, 0.25) is 0 Å². The lowest BCUT2D eigenvalue weighted by Crippen LogP contribution is -2.12. The van der Waals surface area contributed by atoms with Gasteiger partial charge in [0.1, 0.15) is 17.9 Å². The van der Waals surface area contributed by atoms with E-state index >= 15 is 0 Å². The number of hydrogen-bond donors (Lipinski definition) is 1. The SMILES string of the molecule is O=C(O)CCc1nc2ccc(OCc3ccc(C4CCCC4)c(C(F)(F)F)c3)cc2o1. The molecule has 1 saturated carbocycles. The normalized spacial score (nSPS) is 14.9. The zero-order valence-electron chi connectivity index (χ0n) is 16.7. The summed E-state index contributed by atoms with van der Waals surface area (Å²) in [7, 11) is 0. The Kier molecular flexibility index (Phi) is 5.89. The number of alkyl halides is 3. The maximum absolute atomic E-state index is 13.6. The van der Waals surface area contributed by atoms with E-state index in [4.69, 9.17) is 14.3 Å². The number of aryl methyl sites for hydroxylation is 1. The molecule has 4 rings (SSSR count). The molecule has 8 heteroatoms. The summed E-state index contributed by atoms with van der Waals surface area (Å²) in [6.07, 6.45) is -0.791. The number of nitrogens with zero attached hydrogens (tertiary/aromatic N) is 1. The van der Waals surface area contributed by atoms with Crippen LogP contribution in [0.2, 0.25) is 0 Å². The number of carbonyl (C=O) groups is 1. The molecule has 1 heterocycles. The molecule has 2 aromatic carbocycles. The van der Waals surface area contributed by atoms with Gasteiger partial charge in [0.25, 0.3) is 0 Å². The van der Waals surface area contributed by atoms with Crippen LogP contribution in [-0.2, 0) is 24.0 Å². The average molecular weight is 433 g/mol. The molecule has 1 N–H and O–H groups in total. The first-order valence-corrected chi connectivity index (χ1v) is 10.2. The first kappa shape index (κ1) is 21.2. The zero-order chi connectivity index (χ0) is 22.0. The first-order chi connectivity index (χ1) is 14.8. The number of benzene rings is 2. The molecular formula is C23H22F3NO4. The Balaban J connectivity index is 1.49. The summed E-state index contributed by atoms with van der Waals surface area (Å²) in [5, 5.41) is 8.76. The van der Waals surface area contributed by atoms with E-state index in [2.05, 4.69) is 4.98 Å². The number of carboxylic acids is 1. The van der Waals surface area contributed by atoms with Gasteiger partial charge in [-0.15, -0.1) is 0 Å². The van der Waals surface area contributed by atoms with Gasteiger partial charge in [-0.1, -0.05) is 25.0 Å². The predicted molar refractivity (Wildman–Crippen MR) is 107 cm³/mol. The van der Waals surface area contributed by atoms with Gasteiger partial charge in [0.05, 0.1) is 12.0 Å². The van der Waals surface area contributed by atoms with Crippen molar-refractivity contribution in [2.75, 3.05) is 0 Å². The lowest BCUT2D eigenvalue weighted by Gasteiger charge is -2.19. The molecule has 5 nitrogen and oxygen atoms in total. The van der Waals surface area contributed by atoms with Crippen molar-refractivity contribution in [2.24, 2.45) is 0 Å². The molecule has 1 aromatic heterocycles. The molecule has 0 saturated heterocycles. The molecular weight excluding hydrogens is 411 g/mol. The zero-order valence-corrected chi connectivity index (χ0v) is 16.7. The smallest absolute Gasteiger partial charge is 0.416 e. The van der Waals surface area contributed by atoms with Crippen LogP contribution >= 0.6 is 0 Å². The van der Waals surface area contributed by atoms with Crippen LogP contribution in [-0.4, -0.2) is 16.1 Å². The highest BCUT2D eigenvalue weighted by Gasteiger charge is 2.36. The number of oxazole rings is 1. The van der Waals surface area contributed by atoms with E-state index in [1.807, 2.05) is 0 Å². The second-order valence-electron chi connectivity index (χ2n) is 7.82. The van der Waals surface area contributed by atoms with Crippen molar-refractivity contribution in [3.8, 4) is 5.75 Å². The lowest BCUT2D eigenvalue weighted by atomic mass is 9.91. The van der Waals surface area contributed by atoms with Gasteiger partial charge in [-0.05, 0) is 48.1 Å². The Hall–Kier alpha value is -3.03. The standard InChI is InChI=1S/C23H22F3NO4/c24-23(25,26)18-11-14(5-7-17(18)15-3-1-2-4-15)13-30-16-6-8-19-20(12-16)31-21(27-19)9-10-22(28)29/h5-8,11-12,15H,1-4,9-10,13H2,(H,28,29). The van der Waals surface area contributed by atoms with Gasteiger partial charge in [0.15, 0.2) is 11.5 Å². The third-order valence-corrected chi connectivity index (χ3v) is 5.58. The molecule has 0 spiro atoms. The van der Waals surface area contributed by atoms with E-state index in [1.165, 1.54) is 6.07 Å². The molecule has 0 radical (unpaired) electrons.